The summed E-state index contributed by atoms with van der Waals surface area (Å²) in [6.07, 6.45) is 6.70. The Morgan fingerprint density at radius 2 is 2.08 bits per heavy atom. The van der Waals surface area contributed by atoms with Crippen molar-refractivity contribution in [3.63, 3.8) is 0 Å². The Morgan fingerprint density at radius 1 is 1.23 bits per heavy atom. The van der Waals surface area contributed by atoms with E-state index in [0.717, 1.165) is 26.2 Å². The maximum absolute atomic E-state index is 5.60. The van der Waals surface area contributed by atoms with Gasteiger partial charge in [-0.05, 0) is 19.4 Å². The third kappa shape index (κ3) is 5.24. The van der Waals surface area contributed by atoms with Crippen LogP contribution < -0.4 is 11.1 Å². The van der Waals surface area contributed by atoms with E-state index in [1.54, 1.807) is 0 Å². The summed E-state index contributed by atoms with van der Waals surface area (Å²) in [5, 5.41) is 3.34. The minimum absolute atomic E-state index is 0.464. The average Bonchev–Trinajstić information content (AvgIpc) is 2.19. The van der Waals surface area contributed by atoms with Gasteiger partial charge in [-0.1, -0.05) is 19.3 Å². The van der Waals surface area contributed by atoms with E-state index < -0.39 is 0 Å². The zero-order valence-electron chi connectivity index (χ0n) is 8.43. The Labute approximate surface area is 81.0 Å². The number of nitrogens with one attached hydrogen (secondary N) is 1. The molecule has 13 heavy (non-hydrogen) atoms. The molecule has 1 aliphatic rings. The van der Waals surface area contributed by atoms with Crippen LogP contribution in [-0.2, 0) is 4.74 Å². The molecule has 0 saturated carbocycles. The minimum atomic E-state index is 0.464. The van der Waals surface area contributed by atoms with Gasteiger partial charge in [0.05, 0.1) is 12.7 Å². The number of nitrogens with two attached hydrogens (primary N) is 1. The fourth-order valence-electron chi connectivity index (χ4n) is 1.68. The van der Waals surface area contributed by atoms with Crippen LogP contribution in [0.15, 0.2) is 0 Å². The first-order valence-electron chi connectivity index (χ1n) is 5.46. The smallest absolute Gasteiger partial charge is 0.0700 e. The first-order valence-corrected chi connectivity index (χ1v) is 5.46. The Hall–Kier alpha value is -0.120. The number of rotatable bonds is 6. The molecule has 3 heteroatoms. The molecule has 78 valence electrons. The van der Waals surface area contributed by atoms with Crippen LogP contribution >= 0.6 is 0 Å². The summed E-state index contributed by atoms with van der Waals surface area (Å²) in [7, 11) is 0. The van der Waals surface area contributed by atoms with E-state index in [2.05, 4.69) is 5.32 Å². The third-order valence-electron chi connectivity index (χ3n) is 2.48. The molecule has 3 N–H and O–H groups in total. The van der Waals surface area contributed by atoms with Crippen molar-refractivity contribution in [3.8, 4) is 0 Å². The van der Waals surface area contributed by atoms with Crippen LogP contribution in [0.2, 0.25) is 0 Å². The average molecular weight is 186 g/mol. The minimum Gasteiger partial charge on any atom is -0.376 e. The lowest BCUT2D eigenvalue weighted by molar-refractivity contribution is 0.0221. The molecule has 1 fully saturated rings. The zero-order valence-corrected chi connectivity index (χ0v) is 8.43. The van der Waals surface area contributed by atoms with Crippen molar-refractivity contribution in [2.45, 2.75) is 38.2 Å². The van der Waals surface area contributed by atoms with Gasteiger partial charge in [-0.25, -0.2) is 0 Å². The highest BCUT2D eigenvalue weighted by Gasteiger charge is 2.11. The first kappa shape index (κ1) is 11.0. The second-order valence-corrected chi connectivity index (χ2v) is 3.69. The molecule has 1 heterocycles. The van der Waals surface area contributed by atoms with Gasteiger partial charge < -0.3 is 15.8 Å². The van der Waals surface area contributed by atoms with Crippen LogP contribution in [0.3, 0.4) is 0 Å². The van der Waals surface area contributed by atoms with E-state index >= 15 is 0 Å². The van der Waals surface area contributed by atoms with Crippen molar-refractivity contribution < 1.29 is 4.74 Å². The Balaban J connectivity index is 1.86. The molecule has 3 nitrogen and oxygen atoms in total. The molecule has 1 aliphatic heterocycles. The summed E-state index contributed by atoms with van der Waals surface area (Å²) in [6, 6.07) is 0. The predicted molar refractivity (Wildman–Crippen MR) is 54.7 cm³/mol. The van der Waals surface area contributed by atoms with Gasteiger partial charge in [-0.3, -0.25) is 0 Å². The SMILES string of the molecule is NCCCCCCC1CNCCO1. The normalized spacial score (nSPS) is 23.3. The van der Waals surface area contributed by atoms with Gasteiger partial charge in [0.25, 0.3) is 0 Å². The van der Waals surface area contributed by atoms with Gasteiger partial charge >= 0.3 is 0 Å². The van der Waals surface area contributed by atoms with E-state index in [1.807, 2.05) is 0 Å². The molecule has 1 saturated heterocycles. The van der Waals surface area contributed by atoms with Gasteiger partial charge in [-0.2, -0.15) is 0 Å². The van der Waals surface area contributed by atoms with Crippen molar-refractivity contribution in [2.24, 2.45) is 5.73 Å². The molecule has 0 radical (unpaired) electrons. The van der Waals surface area contributed by atoms with Crippen molar-refractivity contribution in [1.82, 2.24) is 5.32 Å². The molecule has 1 rings (SSSR count). The molecule has 0 amide bonds. The largest absolute Gasteiger partial charge is 0.376 e. The van der Waals surface area contributed by atoms with E-state index in [4.69, 9.17) is 10.5 Å². The van der Waals surface area contributed by atoms with E-state index in [0.29, 0.717) is 6.10 Å². The highest BCUT2D eigenvalue weighted by molar-refractivity contribution is 4.66. The molecule has 0 bridgehead atoms. The molecule has 0 aromatic rings. The highest BCUT2D eigenvalue weighted by Crippen LogP contribution is 2.09. The van der Waals surface area contributed by atoms with Crippen LogP contribution in [0.4, 0.5) is 0 Å². The quantitative estimate of drug-likeness (QED) is 0.605. The summed E-state index contributed by atoms with van der Waals surface area (Å²) in [5.74, 6) is 0. The van der Waals surface area contributed by atoms with Crippen molar-refractivity contribution in [2.75, 3.05) is 26.2 Å². The Kier molecular flexibility index (Phi) is 6.15. The number of morpholine rings is 1. The topological polar surface area (TPSA) is 47.3 Å². The van der Waals surface area contributed by atoms with Gasteiger partial charge in [0.1, 0.15) is 0 Å². The number of ether oxygens (including phenoxy) is 1. The van der Waals surface area contributed by atoms with Crippen LogP contribution in [0.1, 0.15) is 32.1 Å². The van der Waals surface area contributed by atoms with Crippen molar-refractivity contribution in [3.05, 3.63) is 0 Å². The fraction of sp³-hybridized carbons (Fsp3) is 1.00. The van der Waals surface area contributed by atoms with Crippen LogP contribution in [0.5, 0.6) is 0 Å². The summed E-state index contributed by atoms with van der Waals surface area (Å²) in [4.78, 5) is 0. The van der Waals surface area contributed by atoms with Crippen LogP contribution in [-0.4, -0.2) is 32.3 Å². The maximum atomic E-state index is 5.60. The summed E-state index contributed by atoms with van der Waals surface area (Å²) in [6.45, 7) is 3.77. The molecular formula is C10H22N2O. The van der Waals surface area contributed by atoms with Gasteiger partial charge in [-0.15, -0.1) is 0 Å². The molecule has 0 aromatic heterocycles. The van der Waals surface area contributed by atoms with Gasteiger partial charge in [0.2, 0.25) is 0 Å². The van der Waals surface area contributed by atoms with Crippen LogP contribution in [0.25, 0.3) is 0 Å². The van der Waals surface area contributed by atoms with E-state index in [9.17, 15) is 0 Å². The molecule has 1 unspecified atom stereocenters. The maximum Gasteiger partial charge on any atom is 0.0700 e. The lowest BCUT2D eigenvalue weighted by Gasteiger charge is -2.23. The number of unbranched alkanes of at least 4 members (excludes halogenated alkanes) is 3. The highest BCUT2D eigenvalue weighted by atomic mass is 16.5. The Morgan fingerprint density at radius 3 is 2.77 bits per heavy atom. The molecule has 0 aliphatic carbocycles. The molecule has 1 atom stereocenters. The number of hydrogen-bond acceptors (Lipinski definition) is 3. The predicted octanol–water partition coefficient (Wildman–Crippen LogP) is 0.884. The van der Waals surface area contributed by atoms with Gasteiger partial charge in [0.15, 0.2) is 0 Å². The number of hydrogen-bond donors (Lipinski definition) is 2. The summed E-state index contributed by atoms with van der Waals surface area (Å²) in [5.41, 5.74) is 5.42. The Bertz CT molecular complexity index is 113. The van der Waals surface area contributed by atoms with E-state index in [1.165, 1.54) is 32.1 Å². The molecule has 0 spiro atoms. The monoisotopic (exact) mass is 186 g/mol. The summed E-state index contributed by atoms with van der Waals surface area (Å²) < 4.78 is 5.60. The lowest BCUT2D eigenvalue weighted by atomic mass is 10.1. The molecular weight excluding hydrogens is 164 g/mol. The van der Waals surface area contributed by atoms with Crippen molar-refractivity contribution >= 4 is 0 Å². The van der Waals surface area contributed by atoms with Crippen LogP contribution in [0, 0.1) is 0 Å². The summed E-state index contributed by atoms with van der Waals surface area (Å²) >= 11 is 0. The second-order valence-electron chi connectivity index (χ2n) is 3.69. The van der Waals surface area contributed by atoms with E-state index in [-0.39, 0.29) is 0 Å². The van der Waals surface area contributed by atoms with Gasteiger partial charge in [0, 0.05) is 13.1 Å². The zero-order chi connectivity index (χ0) is 9.36. The third-order valence-corrected chi connectivity index (χ3v) is 2.48. The molecule has 0 aromatic carbocycles. The van der Waals surface area contributed by atoms with Crippen molar-refractivity contribution in [1.29, 1.82) is 0 Å². The fourth-order valence-corrected chi connectivity index (χ4v) is 1.68. The second kappa shape index (κ2) is 7.30. The standard InChI is InChI=1S/C10H22N2O/c11-6-4-2-1-3-5-10-9-12-7-8-13-10/h10,12H,1-9,11H2. The lowest BCUT2D eigenvalue weighted by Crippen LogP contribution is -2.38. The first-order chi connectivity index (χ1) is 6.43.